The maximum atomic E-state index is 11.1. The molecule has 0 aromatic rings. The molecule has 5 heteroatoms. The van der Waals surface area contributed by atoms with Crippen molar-refractivity contribution in [2.24, 2.45) is 29.4 Å². The second-order valence-corrected chi connectivity index (χ2v) is 6.58. The number of epoxide rings is 1. The van der Waals surface area contributed by atoms with E-state index >= 15 is 0 Å². The lowest BCUT2D eigenvalue weighted by molar-refractivity contribution is -0.142. The minimum Gasteiger partial charge on any atom is -0.459 e. The molecule has 1 heterocycles. The summed E-state index contributed by atoms with van der Waals surface area (Å²) in [7, 11) is 0. The number of carbonyl (C=O) groups excluding carboxylic acids is 1. The quantitative estimate of drug-likeness (QED) is 0.349. The highest BCUT2D eigenvalue weighted by molar-refractivity contribution is 5.86. The minimum absolute atomic E-state index is 0.0596. The fourth-order valence-electron chi connectivity index (χ4n) is 4.87. The molecule has 4 fully saturated rings. The molecular formula is C15H21NO4. The van der Waals surface area contributed by atoms with E-state index < -0.39 is 5.97 Å². The highest BCUT2D eigenvalue weighted by Gasteiger charge is 2.66. The average Bonchev–Trinajstić information content (AvgIpc) is 2.81. The lowest BCUT2D eigenvalue weighted by Crippen LogP contribution is -2.34. The van der Waals surface area contributed by atoms with Gasteiger partial charge in [0, 0.05) is 0 Å². The van der Waals surface area contributed by atoms with Gasteiger partial charge in [-0.15, -0.1) is 0 Å². The Kier molecular flexibility index (Phi) is 2.82. The Hall–Kier alpha value is -1.07. The van der Waals surface area contributed by atoms with Crippen molar-refractivity contribution in [3.8, 4) is 0 Å². The topological polar surface area (TPSA) is 74.1 Å². The number of hydrogen-bond acceptors (Lipinski definition) is 5. The molecule has 0 aromatic heterocycles. The molecular weight excluding hydrogens is 258 g/mol. The first-order valence-electron chi connectivity index (χ1n) is 7.53. The van der Waals surface area contributed by atoms with Crippen molar-refractivity contribution in [3.05, 3.63) is 12.3 Å². The van der Waals surface area contributed by atoms with Crippen LogP contribution in [0.15, 0.2) is 12.3 Å². The van der Waals surface area contributed by atoms with E-state index in [0.717, 1.165) is 17.8 Å². The zero-order valence-corrected chi connectivity index (χ0v) is 11.5. The van der Waals surface area contributed by atoms with E-state index in [0.29, 0.717) is 30.8 Å². The largest absolute Gasteiger partial charge is 0.459 e. The molecule has 110 valence electrons. The second-order valence-electron chi connectivity index (χ2n) is 6.58. The molecule has 4 rings (SSSR count). The molecule has 7 atom stereocenters. The molecule has 1 aliphatic heterocycles. The van der Waals surface area contributed by atoms with Crippen molar-refractivity contribution in [1.82, 2.24) is 0 Å². The van der Waals surface area contributed by atoms with Gasteiger partial charge in [-0.3, -0.25) is 0 Å². The predicted molar refractivity (Wildman–Crippen MR) is 70.5 cm³/mol. The molecule has 20 heavy (non-hydrogen) atoms. The molecule has 0 amide bonds. The average molecular weight is 279 g/mol. The van der Waals surface area contributed by atoms with Gasteiger partial charge in [-0.05, 0) is 42.9 Å². The maximum Gasteiger partial charge on any atom is 0.353 e. The van der Waals surface area contributed by atoms with Gasteiger partial charge in [0.1, 0.15) is 12.3 Å². The van der Waals surface area contributed by atoms with Crippen LogP contribution < -0.4 is 5.73 Å². The number of rotatable bonds is 5. The van der Waals surface area contributed by atoms with E-state index in [2.05, 4.69) is 6.58 Å². The third-order valence-corrected chi connectivity index (χ3v) is 5.60. The minimum atomic E-state index is -0.549. The number of fused-ring (bicyclic) bond motifs is 7. The molecule has 0 aromatic carbocycles. The van der Waals surface area contributed by atoms with E-state index in [1.807, 2.05) is 0 Å². The van der Waals surface area contributed by atoms with Gasteiger partial charge in [0.05, 0.1) is 24.9 Å². The summed E-state index contributed by atoms with van der Waals surface area (Å²) in [6.07, 6.45) is 5.16. The second kappa shape index (κ2) is 4.46. The highest BCUT2D eigenvalue weighted by Crippen LogP contribution is 2.64. The van der Waals surface area contributed by atoms with Gasteiger partial charge in [-0.2, -0.15) is 0 Å². The van der Waals surface area contributed by atoms with Gasteiger partial charge in [-0.1, -0.05) is 6.58 Å². The molecule has 4 aliphatic rings. The smallest absolute Gasteiger partial charge is 0.353 e. The van der Waals surface area contributed by atoms with E-state index in [1.54, 1.807) is 0 Å². The van der Waals surface area contributed by atoms with Crippen molar-refractivity contribution >= 4 is 5.97 Å². The van der Waals surface area contributed by atoms with Crippen LogP contribution in [0, 0.1) is 23.7 Å². The summed E-state index contributed by atoms with van der Waals surface area (Å²) in [5.74, 6) is 2.56. The Labute approximate surface area is 118 Å². The molecule has 7 unspecified atom stereocenters. The van der Waals surface area contributed by atoms with Crippen molar-refractivity contribution in [2.75, 3.05) is 13.2 Å². The van der Waals surface area contributed by atoms with Gasteiger partial charge in [0.25, 0.3) is 0 Å². The molecule has 3 saturated carbocycles. The normalized spacial score (nSPS) is 46.9. The zero-order valence-electron chi connectivity index (χ0n) is 11.5. The van der Waals surface area contributed by atoms with E-state index in [9.17, 15) is 4.79 Å². The Morgan fingerprint density at radius 2 is 2.10 bits per heavy atom. The Morgan fingerprint density at radius 1 is 1.25 bits per heavy atom. The van der Waals surface area contributed by atoms with Crippen LogP contribution in [0.2, 0.25) is 0 Å². The van der Waals surface area contributed by atoms with Gasteiger partial charge >= 0.3 is 5.97 Å². The highest BCUT2D eigenvalue weighted by atomic mass is 16.6. The number of carbonyl (C=O) groups is 1. The number of nitrogens with two attached hydrogens (primary N) is 1. The molecule has 1 saturated heterocycles. The fourth-order valence-corrected chi connectivity index (χ4v) is 4.87. The first kappa shape index (κ1) is 12.7. The SMILES string of the molecule is C=C(N)C(=O)OCCOC1CC2CC1C1C2CC2OC21. The van der Waals surface area contributed by atoms with Crippen LogP contribution in [0.3, 0.4) is 0 Å². The Bertz CT molecular complexity index is 451. The van der Waals surface area contributed by atoms with Gasteiger partial charge < -0.3 is 19.9 Å². The molecule has 0 spiro atoms. The van der Waals surface area contributed by atoms with Gasteiger partial charge in [0.2, 0.25) is 0 Å². The number of ether oxygens (including phenoxy) is 3. The fraction of sp³-hybridized carbons (Fsp3) is 0.800. The summed E-state index contributed by atoms with van der Waals surface area (Å²) < 4.78 is 16.6. The van der Waals surface area contributed by atoms with E-state index in [4.69, 9.17) is 19.9 Å². The van der Waals surface area contributed by atoms with Crippen molar-refractivity contribution < 1.29 is 19.0 Å². The maximum absolute atomic E-state index is 11.1. The molecule has 2 N–H and O–H groups in total. The van der Waals surface area contributed by atoms with Crippen molar-refractivity contribution in [2.45, 2.75) is 37.6 Å². The molecule has 3 aliphatic carbocycles. The van der Waals surface area contributed by atoms with Crippen LogP contribution in [-0.4, -0.2) is 37.5 Å². The van der Waals surface area contributed by atoms with Crippen LogP contribution in [0.1, 0.15) is 19.3 Å². The zero-order chi connectivity index (χ0) is 13.9. The van der Waals surface area contributed by atoms with Gasteiger partial charge in [0.15, 0.2) is 0 Å². The standard InChI is InChI=1S/C15H21NO4/c1-7(16)15(17)19-3-2-18-11-5-8-4-10(11)13-9(8)6-12-14(13)20-12/h8-14H,1-6,16H2. The van der Waals surface area contributed by atoms with Crippen LogP contribution in [0.4, 0.5) is 0 Å². The summed E-state index contributed by atoms with van der Waals surface area (Å²) in [4.78, 5) is 11.1. The predicted octanol–water partition coefficient (Wildman–Crippen LogP) is 0.830. The first-order valence-corrected chi connectivity index (χ1v) is 7.53. The monoisotopic (exact) mass is 279 g/mol. The Morgan fingerprint density at radius 3 is 2.90 bits per heavy atom. The summed E-state index contributed by atoms with van der Waals surface area (Å²) in [5.41, 5.74) is 5.18. The summed E-state index contributed by atoms with van der Waals surface area (Å²) in [5, 5.41) is 0. The number of hydrogen-bond donors (Lipinski definition) is 1. The van der Waals surface area contributed by atoms with Crippen molar-refractivity contribution in [3.63, 3.8) is 0 Å². The summed E-state index contributed by atoms with van der Waals surface area (Å²) in [6.45, 7) is 4.03. The van der Waals surface area contributed by atoms with Crippen LogP contribution in [0.25, 0.3) is 0 Å². The lowest BCUT2D eigenvalue weighted by atomic mass is 9.79. The first-order chi connectivity index (χ1) is 9.65. The third-order valence-electron chi connectivity index (χ3n) is 5.60. The Balaban J connectivity index is 1.25. The van der Waals surface area contributed by atoms with E-state index in [-0.39, 0.29) is 12.3 Å². The third kappa shape index (κ3) is 1.87. The lowest BCUT2D eigenvalue weighted by Gasteiger charge is -2.32. The number of esters is 1. The molecule has 5 nitrogen and oxygen atoms in total. The van der Waals surface area contributed by atoms with Crippen LogP contribution in [0.5, 0.6) is 0 Å². The van der Waals surface area contributed by atoms with Crippen LogP contribution >= 0.6 is 0 Å². The van der Waals surface area contributed by atoms with Crippen LogP contribution in [-0.2, 0) is 19.0 Å². The molecule has 2 bridgehead atoms. The van der Waals surface area contributed by atoms with E-state index in [1.165, 1.54) is 19.3 Å². The summed E-state index contributed by atoms with van der Waals surface area (Å²) >= 11 is 0. The van der Waals surface area contributed by atoms with Gasteiger partial charge in [-0.25, -0.2) is 4.79 Å². The molecule has 0 radical (unpaired) electrons. The van der Waals surface area contributed by atoms with Crippen molar-refractivity contribution in [1.29, 1.82) is 0 Å². The summed E-state index contributed by atoms with van der Waals surface area (Å²) in [6, 6.07) is 0.